The second-order valence-electron chi connectivity index (χ2n) is 8.99. The molecule has 1 aliphatic heterocycles. The lowest BCUT2D eigenvalue weighted by molar-refractivity contribution is -0.137. The summed E-state index contributed by atoms with van der Waals surface area (Å²) in [6.07, 6.45) is 2.06. The number of hydrogen-bond donors (Lipinski definition) is 0. The lowest BCUT2D eigenvalue weighted by atomic mass is 9.79. The highest BCUT2D eigenvalue weighted by Crippen LogP contribution is 2.38. The fraction of sp³-hybridized carbons (Fsp3) is 0.500. The van der Waals surface area contributed by atoms with Crippen molar-refractivity contribution in [1.82, 2.24) is 4.90 Å². The van der Waals surface area contributed by atoms with Crippen LogP contribution in [0.25, 0.3) is 11.1 Å². The van der Waals surface area contributed by atoms with E-state index in [-0.39, 0.29) is 5.41 Å². The van der Waals surface area contributed by atoms with Gasteiger partial charge in [-0.1, -0.05) is 51.0 Å². The molecule has 0 unspecified atom stereocenters. The van der Waals surface area contributed by atoms with Gasteiger partial charge in [0.15, 0.2) is 0 Å². The Balaban J connectivity index is 1.67. The summed E-state index contributed by atoms with van der Waals surface area (Å²) in [6, 6.07) is 12.7. The molecule has 0 amide bonds. The van der Waals surface area contributed by atoms with Crippen LogP contribution in [0.5, 0.6) is 0 Å². The second kappa shape index (κ2) is 7.22. The van der Waals surface area contributed by atoms with Crippen molar-refractivity contribution < 1.29 is 13.2 Å². The first-order chi connectivity index (χ1) is 13.2. The molecule has 1 fully saturated rings. The molecule has 1 aliphatic carbocycles. The van der Waals surface area contributed by atoms with Crippen LogP contribution in [0, 0.1) is 0 Å². The molecule has 4 rings (SSSR count). The van der Waals surface area contributed by atoms with E-state index in [1.54, 1.807) is 12.1 Å². The van der Waals surface area contributed by atoms with Crippen molar-refractivity contribution in [3.8, 4) is 11.1 Å². The number of halogens is 3. The molecular formula is C24H28F3N. The van der Waals surface area contributed by atoms with Gasteiger partial charge in [0.05, 0.1) is 5.56 Å². The van der Waals surface area contributed by atoms with Gasteiger partial charge in [0.2, 0.25) is 0 Å². The molecule has 28 heavy (non-hydrogen) atoms. The Morgan fingerprint density at radius 1 is 0.929 bits per heavy atom. The Morgan fingerprint density at radius 2 is 1.57 bits per heavy atom. The second-order valence-corrected chi connectivity index (χ2v) is 8.99. The maximum Gasteiger partial charge on any atom is 0.416 e. The fourth-order valence-corrected chi connectivity index (χ4v) is 4.85. The van der Waals surface area contributed by atoms with E-state index in [4.69, 9.17) is 0 Å². The Morgan fingerprint density at radius 3 is 2.21 bits per heavy atom. The molecule has 1 heterocycles. The average molecular weight is 387 g/mol. The van der Waals surface area contributed by atoms with Gasteiger partial charge in [-0.15, -0.1) is 0 Å². The van der Waals surface area contributed by atoms with Gasteiger partial charge >= 0.3 is 6.18 Å². The molecule has 0 N–H and O–H groups in total. The summed E-state index contributed by atoms with van der Waals surface area (Å²) < 4.78 is 38.6. The molecule has 0 aromatic heterocycles. The minimum absolute atomic E-state index is 0.112. The third-order valence-corrected chi connectivity index (χ3v) is 6.62. The predicted octanol–water partition coefficient (Wildman–Crippen LogP) is 6.80. The highest BCUT2D eigenvalue weighted by molar-refractivity contribution is 5.66. The molecule has 2 aliphatic rings. The van der Waals surface area contributed by atoms with Crippen LogP contribution >= 0.6 is 0 Å². The summed E-state index contributed by atoms with van der Waals surface area (Å²) in [6.45, 7) is 6.67. The predicted molar refractivity (Wildman–Crippen MR) is 107 cm³/mol. The van der Waals surface area contributed by atoms with Gasteiger partial charge in [-0.2, -0.15) is 13.2 Å². The average Bonchev–Trinajstić information content (AvgIpc) is 3.15. The first kappa shape index (κ1) is 19.5. The summed E-state index contributed by atoms with van der Waals surface area (Å²) in [7, 11) is 0. The Kier molecular flexibility index (Phi) is 5.03. The zero-order chi connectivity index (χ0) is 19.9. The van der Waals surface area contributed by atoms with Gasteiger partial charge in [-0.25, -0.2) is 0 Å². The van der Waals surface area contributed by atoms with Crippen LogP contribution in [0.2, 0.25) is 0 Å². The van der Waals surface area contributed by atoms with Crippen molar-refractivity contribution in [2.45, 2.75) is 70.1 Å². The van der Waals surface area contributed by atoms with E-state index in [0.717, 1.165) is 30.6 Å². The van der Waals surface area contributed by atoms with Crippen LogP contribution in [-0.2, 0) is 18.1 Å². The molecule has 1 nitrogen and oxygen atoms in total. The van der Waals surface area contributed by atoms with Gasteiger partial charge in [-0.3, -0.25) is 4.90 Å². The number of fused-ring (bicyclic) bond motifs is 1. The molecule has 4 heteroatoms. The largest absolute Gasteiger partial charge is 0.416 e. The Labute approximate surface area is 165 Å². The van der Waals surface area contributed by atoms with Crippen molar-refractivity contribution in [3.05, 3.63) is 59.2 Å². The smallest absolute Gasteiger partial charge is 0.296 e. The van der Waals surface area contributed by atoms with Crippen LogP contribution in [0.1, 0.15) is 62.6 Å². The molecule has 0 bridgehead atoms. The quantitative estimate of drug-likeness (QED) is 0.548. The number of hydrogen-bond acceptors (Lipinski definition) is 1. The minimum Gasteiger partial charge on any atom is -0.296 e. The molecule has 0 spiro atoms. The maximum absolute atomic E-state index is 12.9. The number of rotatable bonds is 2. The van der Waals surface area contributed by atoms with Crippen molar-refractivity contribution in [2.75, 3.05) is 6.54 Å². The molecule has 2 aromatic carbocycles. The molecule has 0 atom stereocenters. The molecule has 150 valence electrons. The molecule has 2 aromatic rings. The van der Waals surface area contributed by atoms with Crippen molar-refractivity contribution in [3.63, 3.8) is 0 Å². The van der Waals surface area contributed by atoms with Gasteiger partial charge in [-0.05, 0) is 71.7 Å². The minimum atomic E-state index is -4.29. The van der Waals surface area contributed by atoms with Gasteiger partial charge in [0.1, 0.15) is 0 Å². The van der Waals surface area contributed by atoms with E-state index in [1.165, 1.54) is 48.9 Å². The van der Waals surface area contributed by atoms with Crippen LogP contribution in [0.15, 0.2) is 42.5 Å². The number of alkyl halides is 3. The first-order valence-corrected chi connectivity index (χ1v) is 10.3. The van der Waals surface area contributed by atoms with Gasteiger partial charge in [0, 0.05) is 12.6 Å². The zero-order valence-corrected chi connectivity index (χ0v) is 16.6. The van der Waals surface area contributed by atoms with E-state index in [2.05, 4.69) is 36.9 Å². The molecule has 0 radical (unpaired) electrons. The number of benzene rings is 2. The van der Waals surface area contributed by atoms with E-state index >= 15 is 0 Å². The topological polar surface area (TPSA) is 3.24 Å². The van der Waals surface area contributed by atoms with Gasteiger partial charge < -0.3 is 0 Å². The third kappa shape index (κ3) is 3.84. The highest BCUT2D eigenvalue weighted by Gasteiger charge is 2.32. The maximum atomic E-state index is 12.9. The first-order valence-electron chi connectivity index (χ1n) is 10.3. The van der Waals surface area contributed by atoms with Crippen molar-refractivity contribution in [1.29, 1.82) is 0 Å². The molecule has 0 saturated heterocycles. The number of nitrogens with zero attached hydrogens (tertiary/aromatic N) is 1. The summed E-state index contributed by atoms with van der Waals surface area (Å²) >= 11 is 0. The third-order valence-electron chi connectivity index (χ3n) is 6.62. The summed E-state index contributed by atoms with van der Waals surface area (Å²) in [5.41, 5.74) is 4.05. The standard InChI is InChI=1S/C24H28F3N/c1-23(2)13-14-28(21-5-3-4-6-21)16-19-15-18(9-12-22(19)23)17-7-10-20(11-8-17)24(25,26)27/h7-12,15,21H,3-6,13-14,16H2,1-2H3. The fourth-order valence-electron chi connectivity index (χ4n) is 4.85. The molecule has 1 saturated carbocycles. The Bertz CT molecular complexity index is 830. The van der Waals surface area contributed by atoms with Crippen LogP contribution in [0.3, 0.4) is 0 Å². The van der Waals surface area contributed by atoms with Crippen LogP contribution < -0.4 is 0 Å². The highest BCUT2D eigenvalue weighted by atomic mass is 19.4. The van der Waals surface area contributed by atoms with Crippen LogP contribution in [-0.4, -0.2) is 17.5 Å². The summed E-state index contributed by atoms with van der Waals surface area (Å²) in [5.74, 6) is 0. The van der Waals surface area contributed by atoms with E-state index in [1.807, 2.05) is 0 Å². The zero-order valence-electron chi connectivity index (χ0n) is 16.6. The van der Waals surface area contributed by atoms with Crippen LogP contribution in [0.4, 0.5) is 13.2 Å². The lowest BCUT2D eigenvalue weighted by Gasteiger charge is -2.28. The normalized spacial score (nSPS) is 20.8. The Hall–Kier alpha value is -1.81. The van der Waals surface area contributed by atoms with E-state index in [9.17, 15) is 13.2 Å². The van der Waals surface area contributed by atoms with Crippen molar-refractivity contribution >= 4 is 0 Å². The monoisotopic (exact) mass is 387 g/mol. The lowest BCUT2D eigenvalue weighted by Crippen LogP contribution is -2.33. The van der Waals surface area contributed by atoms with E-state index < -0.39 is 11.7 Å². The van der Waals surface area contributed by atoms with Crippen molar-refractivity contribution in [2.24, 2.45) is 0 Å². The molecular weight excluding hydrogens is 359 g/mol. The summed E-state index contributed by atoms with van der Waals surface area (Å²) in [4.78, 5) is 2.64. The SMILES string of the molecule is CC1(C)CCN(C2CCCC2)Cc2cc(-c3ccc(C(F)(F)F)cc3)ccc21. The summed E-state index contributed by atoms with van der Waals surface area (Å²) in [5, 5.41) is 0. The van der Waals surface area contributed by atoms with Gasteiger partial charge in [0.25, 0.3) is 0 Å². The van der Waals surface area contributed by atoms with E-state index in [0.29, 0.717) is 6.04 Å².